The lowest BCUT2D eigenvalue weighted by atomic mass is 10.00. The zero-order valence-electron chi connectivity index (χ0n) is 21.4. The number of ether oxygens (including phenoxy) is 1. The number of anilines is 2. The molecule has 3 heterocycles. The first-order valence-electron chi connectivity index (χ1n) is 12.2. The van der Waals surface area contributed by atoms with Crippen LogP contribution in [0.5, 0.6) is 6.08 Å². The molecule has 1 aliphatic carbocycles. The van der Waals surface area contributed by atoms with Gasteiger partial charge in [0.25, 0.3) is 11.8 Å². The summed E-state index contributed by atoms with van der Waals surface area (Å²) in [4.78, 5) is 16.8. The van der Waals surface area contributed by atoms with E-state index in [1.165, 1.54) is 6.33 Å². The molecule has 1 aliphatic rings. The quantitative estimate of drug-likeness (QED) is 0.295. The predicted octanol–water partition coefficient (Wildman–Crippen LogP) is 3.93. The van der Waals surface area contributed by atoms with Crippen molar-refractivity contribution in [1.29, 1.82) is 0 Å². The molecule has 0 unspecified atom stereocenters. The summed E-state index contributed by atoms with van der Waals surface area (Å²) in [6, 6.07) is 1.84. The molecule has 3 aromatic heterocycles. The largest absolute Gasteiger partial charge is 0.447 e. The second-order valence-electron chi connectivity index (χ2n) is 10.3. The molecule has 0 atom stereocenters. The van der Waals surface area contributed by atoms with Crippen LogP contribution in [-0.4, -0.2) is 48.9 Å². The minimum Gasteiger partial charge on any atom is -0.447 e. The Labute approximate surface area is 216 Å². The Morgan fingerprint density at radius 2 is 2.03 bits per heavy atom. The highest BCUT2D eigenvalue weighted by Crippen LogP contribution is 2.37. The average Bonchev–Trinajstić information content (AvgIpc) is 3.37. The van der Waals surface area contributed by atoms with E-state index in [1.54, 1.807) is 24.6 Å². The fourth-order valence-electron chi connectivity index (χ4n) is 3.94. The fraction of sp³-hybridized carbons (Fsp3) is 0.400. The number of nitrogens with zero attached hydrogens (tertiary/aromatic N) is 5. The number of rotatable bonds is 9. The Morgan fingerprint density at radius 1 is 1.26 bits per heavy atom. The summed E-state index contributed by atoms with van der Waals surface area (Å²) in [6.45, 7) is 7.70. The zero-order chi connectivity index (χ0) is 27.2. The summed E-state index contributed by atoms with van der Waals surface area (Å²) in [7, 11) is 0. The average molecular weight is 527 g/mol. The van der Waals surface area contributed by atoms with Crippen LogP contribution in [0.3, 0.4) is 0 Å². The predicted molar refractivity (Wildman–Crippen MR) is 134 cm³/mol. The molecule has 0 spiro atoms. The van der Waals surface area contributed by atoms with Crippen molar-refractivity contribution in [2.75, 3.05) is 11.9 Å². The Balaban J connectivity index is 1.52. The van der Waals surface area contributed by atoms with Crippen molar-refractivity contribution in [2.45, 2.75) is 58.0 Å². The number of hydrogen-bond acceptors (Lipinski definition) is 9. The molecule has 200 valence electrons. The molecule has 38 heavy (non-hydrogen) atoms. The van der Waals surface area contributed by atoms with Crippen LogP contribution in [0.2, 0.25) is 0 Å². The van der Waals surface area contributed by atoms with Crippen LogP contribution in [0.25, 0.3) is 17.0 Å². The van der Waals surface area contributed by atoms with Gasteiger partial charge in [0.05, 0.1) is 16.8 Å². The molecule has 0 radical (unpaired) electrons. The van der Waals surface area contributed by atoms with Gasteiger partial charge >= 0.3 is 6.08 Å². The van der Waals surface area contributed by atoms with Gasteiger partial charge in [0.1, 0.15) is 30.1 Å². The Kier molecular flexibility index (Phi) is 6.47. The third-order valence-electron chi connectivity index (χ3n) is 5.86. The Morgan fingerprint density at radius 3 is 2.71 bits per heavy atom. The van der Waals surface area contributed by atoms with Gasteiger partial charge in [-0.2, -0.15) is 5.10 Å². The smallest absolute Gasteiger partial charge is 0.414 e. The number of benzene rings is 1. The Hall–Kier alpha value is -4.13. The number of aromatic nitrogens is 5. The number of nitrogens with one attached hydrogen (secondary N) is 2. The van der Waals surface area contributed by atoms with Gasteiger partial charge in [-0.05, 0) is 44.2 Å². The van der Waals surface area contributed by atoms with Crippen LogP contribution >= 0.6 is 0 Å². The van der Waals surface area contributed by atoms with Crippen LogP contribution in [-0.2, 0) is 0 Å². The van der Waals surface area contributed by atoms with E-state index in [4.69, 9.17) is 14.9 Å². The van der Waals surface area contributed by atoms with E-state index in [1.807, 2.05) is 13.8 Å². The molecule has 11 nitrogen and oxygen atoms in total. The van der Waals surface area contributed by atoms with Gasteiger partial charge in [-0.15, -0.1) is 5.10 Å². The molecular formula is C25H28F2N8O3. The van der Waals surface area contributed by atoms with Crippen molar-refractivity contribution >= 4 is 22.9 Å². The number of nitrogens with two attached hydrogens (primary N) is 1. The lowest BCUT2D eigenvalue weighted by Crippen LogP contribution is -2.38. The maximum Gasteiger partial charge on any atom is 0.414 e. The van der Waals surface area contributed by atoms with E-state index >= 15 is 0 Å². The third-order valence-corrected chi connectivity index (χ3v) is 5.86. The molecule has 13 heteroatoms. The van der Waals surface area contributed by atoms with Crippen molar-refractivity contribution in [3.63, 3.8) is 0 Å². The lowest BCUT2D eigenvalue weighted by molar-refractivity contribution is 0.0947. The molecule has 0 aliphatic heterocycles. The maximum atomic E-state index is 14.8. The van der Waals surface area contributed by atoms with E-state index in [2.05, 4.69) is 30.9 Å². The van der Waals surface area contributed by atoms with Crippen LogP contribution < -0.4 is 21.1 Å². The fourth-order valence-corrected chi connectivity index (χ4v) is 3.94. The second-order valence-corrected chi connectivity index (χ2v) is 10.3. The first kappa shape index (κ1) is 25.5. The molecule has 1 fully saturated rings. The summed E-state index contributed by atoms with van der Waals surface area (Å²) in [5.41, 5.74) is 6.85. The normalized spacial score (nSPS) is 13.8. The van der Waals surface area contributed by atoms with E-state index < -0.39 is 23.1 Å². The highest BCUT2D eigenvalue weighted by atomic mass is 19.1. The molecule has 4 N–H and O–H groups in total. The molecule has 1 amide bonds. The summed E-state index contributed by atoms with van der Waals surface area (Å²) in [5, 5.41) is 18.0. The van der Waals surface area contributed by atoms with Crippen molar-refractivity contribution in [3.8, 4) is 17.5 Å². The molecule has 4 aromatic rings. The van der Waals surface area contributed by atoms with Gasteiger partial charge in [-0.1, -0.05) is 18.9 Å². The van der Waals surface area contributed by atoms with Crippen molar-refractivity contribution in [3.05, 3.63) is 47.4 Å². The van der Waals surface area contributed by atoms with E-state index in [0.29, 0.717) is 17.1 Å². The number of carbonyl (C=O) groups excluding carboxylic acids is 1. The van der Waals surface area contributed by atoms with Gasteiger partial charge < -0.3 is 25.5 Å². The number of hydrogen-bond donors (Lipinski definition) is 3. The zero-order valence-corrected chi connectivity index (χ0v) is 21.4. The minimum atomic E-state index is -0.945. The van der Waals surface area contributed by atoms with Gasteiger partial charge in [0.15, 0.2) is 5.82 Å². The minimum absolute atomic E-state index is 0.0232. The van der Waals surface area contributed by atoms with Crippen LogP contribution in [0, 0.1) is 11.6 Å². The second kappa shape index (κ2) is 9.63. The number of carbonyl (C=O) groups is 1. The van der Waals surface area contributed by atoms with Crippen molar-refractivity contribution in [2.24, 2.45) is 5.73 Å². The summed E-state index contributed by atoms with van der Waals surface area (Å²) in [6.07, 6.45) is 4.63. The summed E-state index contributed by atoms with van der Waals surface area (Å²) in [5.74, 6) is -2.04. The van der Waals surface area contributed by atoms with Gasteiger partial charge in [0.2, 0.25) is 0 Å². The monoisotopic (exact) mass is 526 g/mol. The molecule has 1 aromatic carbocycles. The standard InChI is InChI=1S/C25H28F2N8O3/c1-12(2)19-15(23-33-34-24(38-23)37-10-25(3,4)28)9-35-20(19)21(29-11-30-35)32-18-7-14(16(26)8-17(18)27)22(36)31-13-5-6-13/h7-9,11-13H,5-6,10,28H2,1-4H3,(H,31,36)(H,29,30,32). The van der Waals surface area contributed by atoms with Crippen molar-refractivity contribution < 1.29 is 22.7 Å². The number of fused-ring (bicyclic) bond motifs is 1. The highest BCUT2D eigenvalue weighted by Gasteiger charge is 2.27. The first-order valence-corrected chi connectivity index (χ1v) is 12.2. The van der Waals surface area contributed by atoms with Crippen LogP contribution in [0.1, 0.15) is 62.4 Å². The number of halogens is 2. The highest BCUT2D eigenvalue weighted by molar-refractivity contribution is 5.96. The van der Waals surface area contributed by atoms with Gasteiger partial charge in [-0.25, -0.2) is 18.3 Å². The molecule has 0 bridgehead atoms. The van der Waals surface area contributed by atoms with E-state index in [0.717, 1.165) is 24.5 Å². The first-order chi connectivity index (χ1) is 18.0. The number of amides is 1. The molecular weight excluding hydrogens is 498 g/mol. The van der Waals surface area contributed by atoms with Crippen LogP contribution in [0.4, 0.5) is 20.3 Å². The van der Waals surface area contributed by atoms with E-state index in [9.17, 15) is 13.6 Å². The van der Waals surface area contributed by atoms with Gasteiger partial charge in [0, 0.05) is 23.8 Å². The summed E-state index contributed by atoms with van der Waals surface area (Å²) < 4.78 is 42.0. The van der Waals surface area contributed by atoms with E-state index in [-0.39, 0.29) is 47.6 Å². The topological polar surface area (TPSA) is 145 Å². The molecule has 5 rings (SSSR count). The Bertz CT molecular complexity index is 1500. The molecule has 1 saturated carbocycles. The summed E-state index contributed by atoms with van der Waals surface area (Å²) >= 11 is 0. The SMILES string of the molecule is CC(C)c1c(-c2nnc(OCC(C)(C)N)o2)cn2ncnc(Nc3cc(C(=O)NC4CC4)c(F)cc3F)c12. The lowest BCUT2D eigenvalue weighted by Gasteiger charge is -2.16. The molecule has 0 saturated heterocycles. The van der Waals surface area contributed by atoms with Gasteiger partial charge in [-0.3, -0.25) is 4.79 Å². The van der Waals surface area contributed by atoms with Crippen molar-refractivity contribution in [1.82, 2.24) is 30.1 Å². The third kappa shape index (κ3) is 5.28. The van der Waals surface area contributed by atoms with Crippen LogP contribution in [0.15, 0.2) is 29.1 Å². The maximum absolute atomic E-state index is 14.8.